The number of nitrogens with zero attached hydrogens (tertiary/aromatic N) is 4. The van der Waals surface area contributed by atoms with Crippen molar-refractivity contribution in [3.8, 4) is 5.69 Å². The summed E-state index contributed by atoms with van der Waals surface area (Å²) in [5, 5.41) is 7.99. The number of amides is 1. The van der Waals surface area contributed by atoms with Gasteiger partial charge < -0.3 is 5.32 Å². The highest BCUT2D eigenvalue weighted by atomic mass is 35.5. The van der Waals surface area contributed by atoms with Gasteiger partial charge in [0.25, 0.3) is 11.1 Å². The summed E-state index contributed by atoms with van der Waals surface area (Å²) in [4.78, 5) is 42.5. The number of aromatic nitrogens is 4. The summed E-state index contributed by atoms with van der Waals surface area (Å²) in [5.74, 6) is 0.502. The molecule has 0 aliphatic heterocycles. The summed E-state index contributed by atoms with van der Waals surface area (Å²) in [7, 11) is 0. The van der Waals surface area contributed by atoms with Crippen LogP contribution in [0, 0.1) is 6.92 Å². The molecule has 8 nitrogen and oxygen atoms in total. The smallest absolute Gasteiger partial charge is 0.267 e. The Hall–Kier alpha value is -3.78. The van der Waals surface area contributed by atoms with Crippen molar-refractivity contribution in [3.05, 3.63) is 91.8 Å². The number of fused-ring (bicyclic) bond motifs is 1. The van der Waals surface area contributed by atoms with Crippen molar-refractivity contribution in [2.45, 2.75) is 32.2 Å². The number of hydrogen-bond acceptors (Lipinski definition) is 5. The fraction of sp³-hybridized carbons (Fsp3) is 0.208. The van der Waals surface area contributed by atoms with Crippen LogP contribution < -0.4 is 16.4 Å². The second-order valence-electron chi connectivity index (χ2n) is 8.08. The Balaban J connectivity index is 1.44. The summed E-state index contributed by atoms with van der Waals surface area (Å²) < 4.78 is 2.67. The number of nitrogens with one attached hydrogen (secondary N) is 1. The van der Waals surface area contributed by atoms with E-state index in [1.165, 1.54) is 15.3 Å². The van der Waals surface area contributed by atoms with Crippen LogP contribution in [0.25, 0.3) is 16.6 Å². The van der Waals surface area contributed by atoms with Crippen LogP contribution in [-0.2, 0) is 11.3 Å². The maximum absolute atomic E-state index is 13.2. The first-order chi connectivity index (χ1) is 15.9. The minimum atomic E-state index is -0.407. The second kappa shape index (κ2) is 8.29. The van der Waals surface area contributed by atoms with Gasteiger partial charge in [-0.1, -0.05) is 11.6 Å². The summed E-state index contributed by atoms with van der Waals surface area (Å²) in [6.07, 6.45) is 2.10. The van der Waals surface area contributed by atoms with Gasteiger partial charge in [0, 0.05) is 22.7 Å². The van der Waals surface area contributed by atoms with Crippen LogP contribution in [-0.4, -0.2) is 25.2 Å². The molecule has 2 aromatic heterocycles. The molecular formula is C24H20ClN5O3. The number of aryl methyl sites for hydroxylation is 1. The zero-order valence-electron chi connectivity index (χ0n) is 17.8. The molecule has 9 heteroatoms. The molecule has 0 spiro atoms. The van der Waals surface area contributed by atoms with E-state index in [2.05, 4.69) is 15.4 Å². The minimum absolute atomic E-state index is 0.210. The third-order valence-corrected chi connectivity index (χ3v) is 5.83. The summed E-state index contributed by atoms with van der Waals surface area (Å²) in [5.41, 5.74) is 1.84. The lowest BCUT2D eigenvalue weighted by Crippen LogP contribution is -2.29. The molecule has 4 aromatic rings. The molecule has 0 atom stereocenters. The van der Waals surface area contributed by atoms with E-state index >= 15 is 0 Å². The highest BCUT2D eigenvalue weighted by Gasteiger charge is 2.25. The van der Waals surface area contributed by atoms with Crippen molar-refractivity contribution in [1.82, 2.24) is 19.3 Å². The average molecular weight is 462 g/mol. The number of carbonyl (C=O) groups is 1. The fourth-order valence-electron chi connectivity index (χ4n) is 3.78. The summed E-state index contributed by atoms with van der Waals surface area (Å²) in [6, 6.07) is 15.0. The Morgan fingerprint density at radius 1 is 1.09 bits per heavy atom. The van der Waals surface area contributed by atoms with Crippen molar-refractivity contribution >= 4 is 34.1 Å². The van der Waals surface area contributed by atoms with E-state index in [1.807, 2.05) is 0 Å². The highest BCUT2D eigenvalue weighted by Crippen LogP contribution is 2.38. The largest absolute Gasteiger partial charge is 0.324 e. The maximum Gasteiger partial charge on any atom is 0.267 e. The predicted molar refractivity (Wildman–Crippen MR) is 126 cm³/mol. The van der Waals surface area contributed by atoms with Crippen LogP contribution >= 0.6 is 11.6 Å². The topological polar surface area (TPSA) is 98.9 Å². The van der Waals surface area contributed by atoms with Gasteiger partial charge in [-0.25, -0.2) is 9.67 Å². The lowest BCUT2D eigenvalue weighted by molar-refractivity contribution is -0.117. The third-order valence-electron chi connectivity index (χ3n) is 5.58. The third kappa shape index (κ3) is 4.29. The van der Waals surface area contributed by atoms with Crippen molar-refractivity contribution in [3.63, 3.8) is 0 Å². The molecule has 166 valence electrons. The van der Waals surface area contributed by atoms with Crippen molar-refractivity contribution in [2.24, 2.45) is 0 Å². The van der Waals surface area contributed by atoms with Crippen LogP contribution in [0.15, 0.2) is 64.2 Å². The normalized spacial score (nSPS) is 13.3. The molecule has 1 N–H and O–H groups in total. The van der Waals surface area contributed by atoms with Gasteiger partial charge in [0.2, 0.25) is 5.91 Å². The van der Waals surface area contributed by atoms with Gasteiger partial charge in [-0.3, -0.25) is 19.0 Å². The molecule has 0 radical (unpaired) electrons. The lowest BCUT2D eigenvalue weighted by atomic mass is 10.2. The van der Waals surface area contributed by atoms with Crippen molar-refractivity contribution < 1.29 is 4.79 Å². The van der Waals surface area contributed by atoms with Gasteiger partial charge in [-0.15, -0.1) is 0 Å². The van der Waals surface area contributed by atoms with E-state index in [9.17, 15) is 14.4 Å². The van der Waals surface area contributed by atoms with E-state index in [4.69, 9.17) is 11.6 Å². The van der Waals surface area contributed by atoms with E-state index < -0.39 is 5.91 Å². The lowest BCUT2D eigenvalue weighted by Gasteiger charge is -2.12. The van der Waals surface area contributed by atoms with Crippen molar-refractivity contribution in [1.29, 1.82) is 0 Å². The van der Waals surface area contributed by atoms with Crippen LogP contribution in [0.2, 0.25) is 5.02 Å². The standard InChI is InChI=1S/C24H20ClN5O3/c1-14-26-21-9-6-17(12-19(21)24(33)30(14)18-7-4-16(25)5-8-18)27-22(31)13-29-23(32)11-10-20(28-29)15-2-3-15/h4-12,15H,2-3,13H2,1H3,(H,27,31). The number of rotatable bonds is 5. The maximum atomic E-state index is 13.2. The van der Waals surface area contributed by atoms with Crippen LogP contribution in [0.4, 0.5) is 5.69 Å². The van der Waals surface area contributed by atoms with Gasteiger partial charge in [0.1, 0.15) is 12.4 Å². The molecule has 0 unspecified atom stereocenters. The van der Waals surface area contributed by atoms with Gasteiger partial charge in [-0.05, 0) is 68.3 Å². The van der Waals surface area contributed by atoms with E-state index in [0.29, 0.717) is 39.0 Å². The molecular weight excluding hydrogens is 442 g/mol. The number of anilines is 1. The first kappa shape index (κ1) is 21.1. The van der Waals surface area contributed by atoms with Crippen LogP contribution in [0.1, 0.15) is 30.3 Å². The highest BCUT2D eigenvalue weighted by molar-refractivity contribution is 6.30. The number of carbonyl (C=O) groups excluding carboxylic acids is 1. The Kier molecular flexibility index (Phi) is 5.30. The fourth-order valence-corrected chi connectivity index (χ4v) is 3.91. The van der Waals surface area contributed by atoms with Gasteiger partial charge in [0.15, 0.2) is 0 Å². The molecule has 1 aliphatic carbocycles. The predicted octanol–water partition coefficient (Wildman–Crippen LogP) is 3.42. The Morgan fingerprint density at radius 2 is 1.85 bits per heavy atom. The van der Waals surface area contributed by atoms with Crippen LogP contribution in [0.5, 0.6) is 0 Å². The Labute approximate surface area is 193 Å². The second-order valence-corrected chi connectivity index (χ2v) is 8.52. The molecule has 5 rings (SSSR count). The molecule has 33 heavy (non-hydrogen) atoms. The Morgan fingerprint density at radius 3 is 2.58 bits per heavy atom. The van der Waals surface area contributed by atoms with E-state index in [1.54, 1.807) is 55.5 Å². The summed E-state index contributed by atoms with van der Waals surface area (Å²) in [6.45, 7) is 1.55. The molecule has 2 aromatic carbocycles. The first-order valence-corrected chi connectivity index (χ1v) is 10.9. The number of hydrogen-bond donors (Lipinski definition) is 1. The average Bonchev–Trinajstić information content (AvgIpc) is 3.62. The Bertz CT molecular complexity index is 1500. The zero-order chi connectivity index (χ0) is 23.1. The SMILES string of the molecule is Cc1nc2ccc(NC(=O)Cn3nc(C4CC4)ccc3=O)cc2c(=O)n1-c1ccc(Cl)cc1. The minimum Gasteiger partial charge on any atom is -0.324 e. The quantitative estimate of drug-likeness (QED) is 0.491. The van der Waals surface area contributed by atoms with Gasteiger partial charge in [-0.2, -0.15) is 5.10 Å². The van der Waals surface area contributed by atoms with Crippen LogP contribution in [0.3, 0.4) is 0 Å². The van der Waals surface area contributed by atoms with Crippen molar-refractivity contribution in [2.75, 3.05) is 5.32 Å². The number of halogens is 1. The summed E-state index contributed by atoms with van der Waals surface area (Å²) >= 11 is 5.97. The molecule has 1 aliphatic rings. The first-order valence-electron chi connectivity index (χ1n) is 10.6. The zero-order valence-corrected chi connectivity index (χ0v) is 18.5. The molecule has 0 bridgehead atoms. The molecule has 2 heterocycles. The molecule has 1 amide bonds. The van der Waals surface area contributed by atoms with E-state index in [-0.39, 0.29) is 17.7 Å². The molecule has 1 saturated carbocycles. The monoisotopic (exact) mass is 461 g/mol. The number of benzene rings is 2. The van der Waals surface area contributed by atoms with E-state index in [0.717, 1.165) is 18.5 Å². The molecule has 1 fully saturated rings. The van der Waals surface area contributed by atoms with Gasteiger partial charge >= 0.3 is 0 Å². The van der Waals surface area contributed by atoms with Gasteiger partial charge in [0.05, 0.1) is 22.3 Å². The molecule has 0 saturated heterocycles.